The maximum absolute atomic E-state index is 13.0. The standard InChI is InChI=1S/C20H28N4O5S2/c1-5-24(15-10-11-31(26,27)13-15)19(25)14(2)30-20-22-21-18(23(20)3)12-29-17-8-6-16(28-4)7-9-17/h6-9,14-15H,5,10-13H2,1-4H3/t14-,15+/m1/s1. The summed E-state index contributed by atoms with van der Waals surface area (Å²) < 4.78 is 36.3. The number of sulfone groups is 1. The summed E-state index contributed by atoms with van der Waals surface area (Å²) in [5.74, 6) is 2.16. The SMILES string of the molecule is CCN(C(=O)[C@@H](C)Sc1nnc(COc2ccc(OC)cc2)n1C)[C@H]1CCS(=O)(=O)C1. The van der Waals surface area contributed by atoms with E-state index in [-0.39, 0.29) is 30.1 Å². The lowest BCUT2D eigenvalue weighted by Crippen LogP contribution is -2.44. The number of rotatable bonds is 9. The Bertz CT molecular complexity index is 1010. The first-order valence-corrected chi connectivity index (χ1v) is 12.8. The Morgan fingerprint density at radius 3 is 2.55 bits per heavy atom. The highest BCUT2D eigenvalue weighted by Gasteiger charge is 2.35. The molecule has 0 aliphatic carbocycles. The molecule has 11 heteroatoms. The molecule has 1 aliphatic heterocycles. The van der Waals surface area contributed by atoms with Gasteiger partial charge in [-0.15, -0.1) is 10.2 Å². The van der Waals surface area contributed by atoms with E-state index in [0.29, 0.717) is 29.7 Å². The molecule has 0 radical (unpaired) electrons. The van der Waals surface area contributed by atoms with Crippen LogP contribution in [0.2, 0.25) is 0 Å². The number of methoxy groups -OCH3 is 1. The zero-order valence-corrected chi connectivity index (χ0v) is 19.8. The molecule has 31 heavy (non-hydrogen) atoms. The maximum atomic E-state index is 13.0. The number of ether oxygens (including phenoxy) is 2. The number of carbonyl (C=O) groups excluding carboxylic acids is 1. The van der Waals surface area contributed by atoms with Crippen LogP contribution in [0.5, 0.6) is 11.5 Å². The second-order valence-electron chi connectivity index (χ2n) is 7.36. The van der Waals surface area contributed by atoms with E-state index in [2.05, 4.69) is 10.2 Å². The van der Waals surface area contributed by atoms with Crippen molar-refractivity contribution >= 4 is 27.5 Å². The fourth-order valence-corrected chi connectivity index (χ4v) is 6.09. The molecule has 1 saturated heterocycles. The summed E-state index contributed by atoms with van der Waals surface area (Å²) in [5, 5.41) is 8.56. The molecule has 9 nitrogen and oxygen atoms in total. The number of nitrogens with zero attached hydrogens (tertiary/aromatic N) is 4. The van der Waals surface area contributed by atoms with Crippen LogP contribution in [-0.2, 0) is 28.3 Å². The number of hydrogen-bond donors (Lipinski definition) is 0. The molecule has 0 N–H and O–H groups in total. The summed E-state index contributed by atoms with van der Waals surface area (Å²) in [6, 6.07) is 7.01. The minimum absolute atomic E-state index is 0.0424. The summed E-state index contributed by atoms with van der Waals surface area (Å²) >= 11 is 1.30. The average Bonchev–Trinajstić information content (AvgIpc) is 3.29. The third-order valence-electron chi connectivity index (χ3n) is 5.26. The van der Waals surface area contributed by atoms with Gasteiger partial charge in [-0.1, -0.05) is 11.8 Å². The average molecular weight is 469 g/mol. The number of hydrogen-bond acceptors (Lipinski definition) is 8. The van der Waals surface area contributed by atoms with Crippen molar-refractivity contribution in [3.63, 3.8) is 0 Å². The summed E-state index contributed by atoms with van der Waals surface area (Å²) in [6.45, 7) is 4.39. The molecule has 0 bridgehead atoms. The van der Waals surface area contributed by atoms with Crippen LogP contribution in [0.4, 0.5) is 0 Å². The van der Waals surface area contributed by atoms with E-state index < -0.39 is 15.1 Å². The first-order chi connectivity index (χ1) is 14.7. The van der Waals surface area contributed by atoms with Crippen molar-refractivity contribution in [1.82, 2.24) is 19.7 Å². The van der Waals surface area contributed by atoms with Gasteiger partial charge in [-0.05, 0) is 44.5 Å². The van der Waals surface area contributed by atoms with Crippen LogP contribution >= 0.6 is 11.8 Å². The van der Waals surface area contributed by atoms with Crippen molar-refractivity contribution in [1.29, 1.82) is 0 Å². The van der Waals surface area contributed by atoms with Gasteiger partial charge in [-0.25, -0.2) is 8.42 Å². The monoisotopic (exact) mass is 468 g/mol. The molecule has 2 atom stereocenters. The molecular weight excluding hydrogens is 440 g/mol. The van der Waals surface area contributed by atoms with Gasteiger partial charge in [0.1, 0.15) is 18.1 Å². The van der Waals surface area contributed by atoms with Crippen molar-refractivity contribution in [2.45, 2.75) is 43.3 Å². The molecule has 170 valence electrons. The Balaban J connectivity index is 1.60. The van der Waals surface area contributed by atoms with Gasteiger partial charge in [0.25, 0.3) is 0 Å². The fourth-order valence-electron chi connectivity index (χ4n) is 3.45. The lowest BCUT2D eigenvalue weighted by atomic mass is 10.2. The van der Waals surface area contributed by atoms with Crippen molar-refractivity contribution in [2.24, 2.45) is 7.05 Å². The number of benzene rings is 1. The predicted octanol–water partition coefficient (Wildman–Crippen LogP) is 1.92. The van der Waals surface area contributed by atoms with Crippen LogP contribution in [0.25, 0.3) is 0 Å². The van der Waals surface area contributed by atoms with E-state index in [1.807, 2.05) is 38.2 Å². The Kier molecular flexibility index (Phi) is 7.47. The van der Waals surface area contributed by atoms with Crippen LogP contribution in [0.3, 0.4) is 0 Å². The van der Waals surface area contributed by atoms with Crippen LogP contribution in [-0.4, -0.2) is 70.4 Å². The van der Waals surface area contributed by atoms with E-state index in [9.17, 15) is 13.2 Å². The molecule has 0 spiro atoms. The van der Waals surface area contributed by atoms with Gasteiger partial charge in [0.05, 0.1) is 23.9 Å². The molecule has 1 amide bonds. The van der Waals surface area contributed by atoms with Crippen LogP contribution in [0, 0.1) is 0 Å². The van der Waals surface area contributed by atoms with E-state index in [0.717, 1.165) is 5.75 Å². The molecule has 1 aromatic heterocycles. The van der Waals surface area contributed by atoms with Gasteiger partial charge in [0.2, 0.25) is 5.91 Å². The topological polar surface area (TPSA) is 104 Å². The second kappa shape index (κ2) is 9.90. The Morgan fingerprint density at radius 1 is 1.29 bits per heavy atom. The lowest BCUT2D eigenvalue weighted by molar-refractivity contribution is -0.131. The van der Waals surface area contributed by atoms with Gasteiger partial charge in [-0.3, -0.25) is 4.79 Å². The van der Waals surface area contributed by atoms with Crippen molar-refractivity contribution in [3.05, 3.63) is 30.1 Å². The van der Waals surface area contributed by atoms with Gasteiger partial charge in [0, 0.05) is 19.6 Å². The number of carbonyl (C=O) groups is 1. The highest BCUT2D eigenvalue weighted by Crippen LogP contribution is 2.26. The second-order valence-corrected chi connectivity index (χ2v) is 10.9. The molecule has 1 aliphatic rings. The van der Waals surface area contributed by atoms with Gasteiger partial charge in [-0.2, -0.15) is 0 Å². The number of amides is 1. The van der Waals surface area contributed by atoms with E-state index in [1.165, 1.54) is 11.8 Å². The van der Waals surface area contributed by atoms with E-state index in [1.54, 1.807) is 23.5 Å². The molecule has 3 rings (SSSR count). The van der Waals surface area contributed by atoms with Crippen molar-refractivity contribution in [2.75, 3.05) is 25.2 Å². The normalized spacial score (nSPS) is 18.5. The zero-order chi connectivity index (χ0) is 22.6. The predicted molar refractivity (Wildman–Crippen MR) is 118 cm³/mol. The Morgan fingerprint density at radius 2 is 1.97 bits per heavy atom. The summed E-state index contributed by atoms with van der Waals surface area (Å²) in [6.07, 6.45) is 0.496. The third-order valence-corrected chi connectivity index (χ3v) is 8.13. The largest absolute Gasteiger partial charge is 0.497 e. The van der Waals surface area contributed by atoms with Gasteiger partial charge < -0.3 is 18.9 Å². The van der Waals surface area contributed by atoms with Gasteiger partial charge >= 0.3 is 0 Å². The quantitative estimate of drug-likeness (QED) is 0.514. The Labute approximate surface area is 187 Å². The first-order valence-electron chi connectivity index (χ1n) is 10.1. The lowest BCUT2D eigenvalue weighted by Gasteiger charge is -2.29. The molecule has 1 fully saturated rings. The Hall–Kier alpha value is -2.27. The van der Waals surface area contributed by atoms with Crippen LogP contribution in [0.1, 0.15) is 26.1 Å². The third kappa shape index (κ3) is 5.70. The fraction of sp³-hybridized carbons (Fsp3) is 0.550. The molecule has 2 heterocycles. The number of thioether (sulfide) groups is 1. The molecule has 0 unspecified atom stereocenters. The summed E-state index contributed by atoms with van der Waals surface area (Å²) in [4.78, 5) is 14.6. The minimum atomic E-state index is -3.05. The number of aromatic nitrogens is 3. The molecule has 0 saturated carbocycles. The maximum Gasteiger partial charge on any atom is 0.236 e. The molecule has 2 aromatic rings. The zero-order valence-electron chi connectivity index (χ0n) is 18.1. The van der Waals surface area contributed by atoms with Gasteiger partial charge in [0.15, 0.2) is 20.8 Å². The minimum Gasteiger partial charge on any atom is -0.497 e. The molecular formula is C20H28N4O5S2. The smallest absolute Gasteiger partial charge is 0.236 e. The van der Waals surface area contributed by atoms with Crippen molar-refractivity contribution < 1.29 is 22.7 Å². The molecule has 1 aromatic carbocycles. The summed E-state index contributed by atoms with van der Waals surface area (Å²) in [5.41, 5.74) is 0. The van der Waals surface area contributed by atoms with E-state index in [4.69, 9.17) is 9.47 Å². The summed E-state index contributed by atoms with van der Waals surface area (Å²) in [7, 11) is 0.380. The van der Waals surface area contributed by atoms with Crippen LogP contribution in [0.15, 0.2) is 29.4 Å². The van der Waals surface area contributed by atoms with E-state index >= 15 is 0 Å². The van der Waals surface area contributed by atoms with Crippen molar-refractivity contribution in [3.8, 4) is 11.5 Å². The first kappa shape index (κ1) is 23.4. The van der Waals surface area contributed by atoms with Crippen LogP contribution < -0.4 is 9.47 Å². The highest BCUT2D eigenvalue weighted by atomic mass is 32.2. The highest BCUT2D eigenvalue weighted by molar-refractivity contribution is 8.00.